The molecule has 12 nitrogen and oxygen atoms in total. The van der Waals surface area contributed by atoms with Gasteiger partial charge in [0.2, 0.25) is 10.0 Å². The van der Waals surface area contributed by atoms with Crippen LogP contribution in [0.4, 0.5) is 10.5 Å². The number of rotatable bonds is 13. The van der Waals surface area contributed by atoms with Crippen LogP contribution in [0.5, 0.6) is 0 Å². The predicted octanol–water partition coefficient (Wildman–Crippen LogP) is 1.78. The van der Waals surface area contributed by atoms with Gasteiger partial charge in [-0.25, -0.2) is 13.2 Å². The number of carbonyl (C=O) groups is 1. The molecule has 1 aliphatic heterocycles. The van der Waals surface area contributed by atoms with Crippen molar-refractivity contribution in [3.8, 4) is 0 Å². The number of amides is 1. The highest BCUT2D eigenvalue weighted by Crippen LogP contribution is 2.33. The van der Waals surface area contributed by atoms with E-state index < -0.39 is 33.2 Å². The van der Waals surface area contributed by atoms with Crippen LogP contribution in [0.15, 0.2) is 59.5 Å². The van der Waals surface area contributed by atoms with Crippen LogP contribution in [0.2, 0.25) is 0 Å². The average Bonchev–Trinajstić information content (AvgIpc) is 3.77. The number of non-ortho nitro benzene ring substituents is 1. The van der Waals surface area contributed by atoms with Gasteiger partial charge in [0.15, 0.2) is 0 Å². The maximum Gasteiger partial charge on any atom is 0.407 e. The third kappa shape index (κ3) is 8.19. The first kappa shape index (κ1) is 28.9. The molecule has 2 aliphatic rings. The van der Waals surface area contributed by atoms with Crippen LogP contribution < -0.4 is 5.32 Å². The molecular weight excluding hydrogens is 528 g/mol. The van der Waals surface area contributed by atoms with Crippen LogP contribution in [0.1, 0.15) is 18.4 Å². The molecule has 2 N–H and O–H groups in total. The van der Waals surface area contributed by atoms with Gasteiger partial charge in [-0.2, -0.15) is 4.31 Å². The van der Waals surface area contributed by atoms with E-state index in [0.29, 0.717) is 32.6 Å². The summed E-state index contributed by atoms with van der Waals surface area (Å²) in [7, 11) is -4.05. The lowest BCUT2D eigenvalue weighted by Crippen LogP contribution is -2.51. The van der Waals surface area contributed by atoms with Gasteiger partial charge in [0.05, 0.1) is 35.2 Å². The Balaban J connectivity index is 1.44. The fraction of sp³-hybridized carbons (Fsp3) is 0.500. The van der Waals surface area contributed by atoms with Gasteiger partial charge in [-0.1, -0.05) is 30.3 Å². The fourth-order valence-electron chi connectivity index (χ4n) is 4.43. The van der Waals surface area contributed by atoms with Crippen molar-refractivity contribution in [1.29, 1.82) is 0 Å². The molecule has 2 aromatic carbocycles. The second kappa shape index (κ2) is 13.3. The summed E-state index contributed by atoms with van der Waals surface area (Å²) in [4.78, 5) is 25.1. The number of benzene rings is 2. The molecule has 0 bridgehead atoms. The molecule has 2 atom stereocenters. The van der Waals surface area contributed by atoms with E-state index in [9.17, 15) is 28.4 Å². The van der Waals surface area contributed by atoms with E-state index in [1.54, 1.807) is 0 Å². The van der Waals surface area contributed by atoms with Crippen molar-refractivity contribution in [1.82, 2.24) is 14.5 Å². The summed E-state index contributed by atoms with van der Waals surface area (Å²) in [6.07, 6.45) is -0.403. The number of hydrogen-bond acceptors (Lipinski definition) is 9. The number of nitro groups is 1. The summed E-state index contributed by atoms with van der Waals surface area (Å²) in [5.74, 6) is 0. The Morgan fingerprint density at radius 3 is 2.44 bits per heavy atom. The summed E-state index contributed by atoms with van der Waals surface area (Å²) in [5.41, 5.74) is 0.637. The molecule has 1 amide bonds. The first-order valence-electron chi connectivity index (χ1n) is 13.0. The number of nitro benzene ring substituents is 1. The molecular formula is C26H34N4O8S. The van der Waals surface area contributed by atoms with E-state index in [1.165, 1.54) is 16.4 Å². The molecule has 4 rings (SSSR count). The van der Waals surface area contributed by atoms with Crippen molar-refractivity contribution in [2.24, 2.45) is 0 Å². The summed E-state index contributed by atoms with van der Waals surface area (Å²) < 4.78 is 38.8. The molecule has 0 radical (unpaired) electrons. The second-order valence-electron chi connectivity index (χ2n) is 9.65. The first-order valence-corrected chi connectivity index (χ1v) is 14.4. The quantitative estimate of drug-likeness (QED) is 0.275. The van der Waals surface area contributed by atoms with Crippen molar-refractivity contribution in [3.05, 3.63) is 70.3 Å². The van der Waals surface area contributed by atoms with Crippen LogP contribution in [0.3, 0.4) is 0 Å². The van der Waals surface area contributed by atoms with Gasteiger partial charge in [0.25, 0.3) is 5.69 Å². The minimum atomic E-state index is -4.05. The summed E-state index contributed by atoms with van der Waals surface area (Å²) in [6.45, 7) is 3.28. The SMILES string of the molecule is O=C(N[C@@H](Cc1ccccc1)[C@H](O)CN(C1CC1)S(=O)(=O)c1ccc([N+](=O)[O-])cc1)OCCN1CCOCC1. The molecule has 1 aliphatic carbocycles. The van der Waals surface area contributed by atoms with Gasteiger partial charge in [0.1, 0.15) is 6.61 Å². The Bertz CT molecular complexity index is 1200. The highest BCUT2D eigenvalue weighted by atomic mass is 32.2. The van der Waals surface area contributed by atoms with Crippen molar-refractivity contribution >= 4 is 21.8 Å². The number of sulfonamides is 1. The molecule has 0 aromatic heterocycles. The zero-order chi connectivity index (χ0) is 27.8. The number of hydrogen-bond donors (Lipinski definition) is 2. The highest BCUT2D eigenvalue weighted by molar-refractivity contribution is 7.89. The first-order chi connectivity index (χ1) is 18.7. The maximum atomic E-state index is 13.4. The molecule has 2 fully saturated rings. The summed E-state index contributed by atoms with van der Waals surface area (Å²) >= 11 is 0. The molecule has 13 heteroatoms. The maximum absolute atomic E-state index is 13.4. The van der Waals surface area contributed by atoms with Crippen molar-refractivity contribution in [3.63, 3.8) is 0 Å². The second-order valence-corrected chi connectivity index (χ2v) is 11.5. The van der Waals surface area contributed by atoms with Crippen LogP contribution in [0.25, 0.3) is 0 Å². The average molecular weight is 563 g/mol. The van der Waals surface area contributed by atoms with Crippen molar-refractivity contribution in [2.45, 2.75) is 42.3 Å². The number of ether oxygens (including phenoxy) is 2. The van der Waals surface area contributed by atoms with Gasteiger partial charge in [0, 0.05) is 44.4 Å². The van der Waals surface area contributed by atoms with E-state index in [4.69, 9.17) is 9.47 Å². The molecule has 2 aromatic rings. The minimum absolute atomic E-state index is 0.0951. The third-order valence-electron chi connectivity index (χ3n) is 6.79. The van der Waals surface area contributed by atoms with Gasteiger partial charge in [-0.05, 0) is 37.0 Å². The van der Waals surface area contributed by atoms with E-state index in [0.717, 1.165) is 30.8 Å². The number of morpholine rings is 1. The Labute approximate surface area is 227 Å². The van der Waals surface area contributed by atoms with Crippen molar-refractivity contribution in [2.75, 3.05) is 46.0 Å². The normalized spacial score (nSPS) is 17.9. The molecule has 1 saturated carbocycles. The van der Waals surface area contributed by atoms with Gasteiger partial charge >= 0.3 is 6.09 Å². The van der Waals surface area contributed by atoms with E-state index >= 15 is 0 Å². The van der Waals surface area contributed by atoms with Gasteiger partial charge in [-0.3, -0.25) is 15.0 Å². The van der Waals surface area contributed by atoms with Gasteiger partial charge < -0.3 is 19.9 Å². The minimum Gasteiger partial charge on any atom is -0.448 e. The van der Waals surface area contributed by atoms with E-state index in [1.807, 2.05) is 30.3 Å². The number of nitrogens with one attached hydrogen (secondary N) is 1. The Morgan fingerprint density at radius 1 is 1.15 bits per heavy atom. The van der Waals surface area contributed by atoms with Crippen molar-refractivity contribution < 1.29 is 32.7 Å². The Hall–Kier alpha value is -3.10. The monoisotopic (exact) mass is 562 g/mol. The van der Waals surface area contributed by atoms with E-state index in [2.05, 4.69) is 10.2 Å². The number of alkyl carbamates (subject to hydrolysis) is 1. The molecule has 212 valence electrons. The predicted molar refractivity (Wildman–Crippen MR) is 142 cm³/mol. The number of aliphatic hydroxyl groups is 1. The highest BCUT2D eigenvalue weighted by Gasteiger charge is 2.40. The smallest absolute Gasteiger partial charge is 0.407 e. The molecule has 1 heterocycles. The zero-order valence-corrected chi connectivity index (χ0v) is 22.4. The molecule has 39 heavy (non-hydrogen) atoms. The number of aliphatic hydroxyl groups excluding tert-OH is 1. The lowest BCUT2D eigenvalue weighted by Gasteiger charge is -2.30. The standard InChI is InChI=1S/C26H34N4O8S/c31-25(19-29(21-6-7-21)39(35,36)23-10-8-22(9-11-23)30(33)34)24(18-20-4-2-1-3-5-20)27-26(32)38-17-14-28-12-15-37-16-13-28/h1-5,8-11,21,24-25,31H,6-7,12-19H2,(H,27,32)/t24-,25+/m0/s1. The van der Waals surface area contributed by atoms with Crippen LogP contribution >= 0.6 is 0 Å². The van der Waals surface area contributed by atoms with E-state index in [-0.39, 0.29) is 36.2 Å². The largest absolute Gasteiger partial charge is 0.448 e. The Morgan fingerprint density at radius 2 is 1.82 bits per heavy atom. The lowest BCUT2D eigenvalue weighted by molar-refractivity contribution is -0.384. The summed E-state index contributed by atoms with van der Waals surface area (Å²) in [5, 5.41) is 24.9. The zero-order valence-electron chi connectivity index (χ0n) is 21.6. The van der Waals surface area contributed by atoms with Crippen LogP contribution in [-0.4, -0.2) is 97.9 Å². The summed E-state index contributed by atoms with van der Waals surface area (Å²) in [6, 6.07) is 12.8. The lowest BCUT2D eigenvalue weighted by atomic mass is 10.0. The molecule has 1 saturated heterocycles. The third-order valence-corrected chi connectivity index (χ3v) is 8.72. The molecule has 0 spiro atoms. The van der Waals surface area contributed by atoms with Crippen LogP contribution in [0, 0.1) is 10.1 Å². The molecule has 0 unspecified atom stereocenters. The van der Waals surface area contributed by atoms with Gasteiger partial charge in [-0.15, -0.1) is 0 Å². The fourth-order valence-corrected chi connectivity index (χ4v) is 6.13. The number of nitrogens with zero attached hydrogens (tertiary/aromatic N) is 3. The topological polar surface area (TPSA) is 152 Å². The number of carbonyl (C=O) groups excluding carboxylic acids is 1. The van der Waals surface area contributed by atoms with Crippen LogP contribution in [-0.2, 0) is 25.9 Å². The Kier molecular flexibility index (Phi) is 9.86.